The summed E-state index contributed by atoms with van der Waals surface area (Å²) >= 11 is 5.46. The van der Waals surface area contributed by atoms with Crippen LogP contribution in [0.25, 0.3) is 10.9 Å². The first-order valence-electron chi connectivity index (χ1n) is 13.5. The van der Waals surface area contributed by atoms with Crippen molar-refractivity contribution in [2.75, 3.05) is 64.9 Å². The standard InChI is InChI=1S/C27H36BrF3IN5O4/c1-25(2,3)41-24(38)37-14-26(15-37)7-10-36(11-8-26)22-17-13-18(32)19(28)21(40-16-27(29,30)31)20(17)33-23(34-22)39-12-6-9-35(4)5/h13H,6-12,14-16H2,1-5H3. The monoisotopic (exact) mass is 757 g/mol. The minimum atomic E-state index is -4.51. The van der Waals surface area contributed by atoms with E-state index in [9.17, 15) is 18.0 Å². The van der Waals surface area contributed by atoms with Crippen molar-refractivity contribution in [3.05, 3.63) is 14.1 Å². The summed E-state index contributed by atoms with van der Waals surface area (Å²) in [6.07, 6.45) is -2.40. The number of fused-ring (bicyclic) bond motifs is 1. The number of amides is 1. The van der Waals surface area contributed by atoms with E-state index < -0.39 is 18.4 Å². The fourth-order valence-electron chi connectivity index (χ4n) is 5.01. The molecular weight excluding hydrogens is 722 g/mol. The number of ether oxygens (including phenoxy) is 3. The molecule has 1 spiro atoms. The van der Waals surface area contributed by atoms with Gasteiger partial charge in [-0.25, -0.2) is 4.79 Å². The van der Waals surface area contributed by atoms with E-state index >= 15 is 0 Å². The predicted molar refractivity (Wildman–Crippen MR) is 162 cm³/mol. The highest BCUT2D eigenvalue weighted by atomic mass is 127. The summed E-state index contributed by atoms with van der Waals surface area (Å²) in [7, 11) is 3.93. The first kappa shape index (κ1) is 32.1. The Bertz CT molecular complexity index is 1260. The third-order valence-corrected chi connectivity index (χ3v) is 9.37. The second kappa shape index (κ2) is 12.4. The molecule has 2 saturated heterocycles. The molecule has 0 unspecified atom stereocenters. The van der Waals surface area contributed by atoms with E-state index in [1.165, 1.54) is 0 Å². The predicted octanol–water partition coefficient (Wildman–Crippen LogP) is 6.11. The van der Waals surface area contributed by atoms with Gasteiger partial charge in [-0.3, -0.25) is 0 Å². The van der Waals surface area contributed by atoms with Gasteiger partial charge in [0.25, 0.3) is 0 Å². The SMILES string of the molecule is CN(C)CCCOc1nc(N2CCC3(CC2)CN(C(=O)OC(C)(C)C)C3)c2cc(I)c(Br)c(OCC(F)(F)F)c2n1. The highest BCUT2D eigenvalue weighted by Gasteiger charge is 2.48. The highest BCUT2D eigenvalue weighted by Crippen LogP contribution is 2.45. The number of hydrogen-bond donors (Lipinski definition) is 0. The molecular formula is C27H36BrF3IN5O4. The molecule has 1 aromatic carbocycles. The zero-order valence-electron chi connectivity index (χ0n) is 23.9. The molecule has 2 aromatic rings. The number of hydrogen-bond acceptors (Lipinski definition) is 8. The first-order chi connectivity index (χ1) is 19.1. The second-order valence-electron chi connectivity index (χ2n) is 12.0. The normalized spacial score (nSPS) is 17.2. The topological polar surface area (TPSA) is 80.3 Å². The molecule has 1 aromatic heterocycles. The van der Waals surface area contributed by atoms with Crippen LogP contribution in [0, 0.1) is 8.99 Å². The van der Waals surface area contributed by atoms with Crippen molar-refractivity contribution in [3.63, 3.8) is 0 Å². The number of anilines is 1. The summed E-state index contributed by atoms with van der Waals surface area (Å²) in [5, 5.41) is 0.593. The number of likely N-dealkylation sites (tertiary alicyclic amines) is 1. The Kier molecular flexibility index (Phi) is 9.73. The fraction of sp³-hybridized carbons (Fsp3) is 0.667. The Balaban J connectivity index is 1.59. The molecule has 9 nitrogen and oxygen atoms in total. The molecule has 0 radical (unpaired) electrons. The molecule has 1 amide bonds. The van der Waals surface area contributed by atoms with E-state index in [1.54, 1.807) is 4.90 Å². The lowest BCUT2D eigenvalue weighted by atomic mass is 9.72. The fourth-order valence-corrected chi connectivity index (χ4v) is 5.98. The van der Waals surface area contributed by atoms with Crippen LogP contribution in [0.3, 0.4) is 0 Å². The van der Waals surface area contributed by atoms with Crippen LogP contribution >= 0.6 is 38.5 Å². The lowest BCUT2D eigenvalue weighted by Gasteiger charge is -2.53. The molecule has 0 N–H and O–H groups in total. The molecule has 228 valence electrons. The van der Waals surface area contributed by atoms with Gasteiger partial charge in [0.05, 0.1) is 11.1 Å². The number of carbonyl (C=O) groups is 1. The summed E-state index contributed by atoms with van der Waals surface area (Å²) in [5.41, 5.74) is -0.270. The number of rotatable bonds is 8. The Morgan fingerprint density at radius 2 is 1.80 bits per heavy atom. The van der Waals surface area contributed by atoms with Gasteiger partial charge in [0.1, 0.15) is 16.9 Å². The number of aromatic nitrogens is 2. The molecule has 14 heteroatoms. The third kappa shape index (κ3) is 8.18. The van der Waals surface area contributed by atoms with Crippen LogP contribution in [-0.2, 0) is 4.74 Å². The maximum atomic E-state index is 13.1. The number of nitrogens with zero attached hydrogens (tertiary/aromatic N) is 5. The Morgan fingerprint density at radius 1 is 1.15 bits per heavy atom. The molecule has 2 fully saturated rings. The van der Waals surface area contributed by atoms with Gasteiger partial charge in [0, 0.05) is 47.1 Å². The second-order valence-corrected chi connectivity index (χ2v) is 13.9. The van der Waals surface area contributed by atoms with E-state index in [2.05, 4.69) is 48.4 Å². The molecule has 0 bridgehead atoms. The zero-order chi connectivity index (χ0) is 30.2. The molecule has 4 rings (SSSR count). The number of carbonyl (C=O) groups excluding carboxylic acids is 1. The summed E-state index contributed by atoms with van der Waals surface area (Å²) in [6, 6.07) is 1.94. The third-order valence-electron chi connectivity index (χ3n) is 6.99. The van der Waals surface area contributed by atoms with Gasteiger partial charge in [0.15, 0.2) is 12.4 Å². The van der Waals surface area contributed by atoms with Crippen molar-refractivity contribution in [1.29, 1.82) is 0 Å². The molecule has 0 atom stereocenters. The van der Waals surface area contributed by atoms with Gasteiger partial charge in [0.2, 0.25) is 0 Å². The number of benzene rings is 1. The van der Waals surface area contributed by atoms with E-state index in [0.29, 0.717) is 52.0 Å². The average Bonchev–Trinajstić information content (AvgIpc) is 2.83. The van der Waals surface area contributed by atoms with Crippen LogP contribution in [0.2, 0.25) is 0 Å². The van der Waals surface area contributed by atoms with Gasteiger partial charge in [-0.2, -0.15) is 23.1 Å². The van der Waals surface area contributed by atoms with Crippen molar-refractivity contribution < 1.29 is 32.2 Å². The Labute approximate surface area is 260 Å². The molecule has 0 saturated carbocycles. The number of halogens is 5. The first-order valence-corrected chi connectivity index (χ1v) is 15.3. The number of piperidine rings is 1. The van der Waals surface area contributed by atoms with Crippen LogP contribution in [0.1, 0.15) is 40.0 Å². The van der Waals surface area contributed by atoms with Crippen LogP contribution in [0.4, 0.5) is 23.8 Å². The van der Waals surface area contributed by atoms with Gasteiger partial charge in [-0.1, -0.05) is 0 Å². The highest BCUT2D eigenvalue weighted by molar-refractivity contribution is 14.1. The van der Waals surface area contributed by atoms with E-state index in [0.717, 1.165) is 25.8 Å². The lowest BCUT2D eigenvalue weighted by Crippen LogP contribution is -2.62. The van der Waals surface area contributed by atoms with Crippen molar-refractivity contribution >= 4 is 61.3 Å². The van der Waals surface area contributed by atoms with E-state index in [4.69, 9.17) is 19.2 Å². The van der Waals surface area contributed by atoms with Gasteiger partial charge in [-0.05, 0) is 98.7 Å². The van der Waals surface area contributed by atoms with Crippen molar-refractivity contribution in [2.24, 2.45) is 5.41 Å². The maximum absolute atomic E-state index is 13.1. The average molecular weight is 758 g/mol. The van der Waals surface area contributed by atoms with Crippen LogP contribution in [0.15, 0.2) is 10.5 Å². The number of alkyl halides is 3. The lowest BCUT2D eigenvalue weighted by molar-refractivity contribution is -0.153. The zero-order valence-corrected chi connectivity index (χ0v) is 27.7. The van der Waals surface area contributed by atoms with E-state index in [1.807, 2.05) is 45.8 Å². The minimum Gasteiger partial charge on any atom is -0.481 e. The molecule has 2 aliphatic rings. The van der Waals surface area contributed by atoms with Crippen molar-refractivity contribution in [2.45, 2.75) is 51.8 Å². The summed E-state index contributed by atoms with van der Waals surface area (Å²) in [6.45, 7) is 7.88. The van der Waals surface area contributed by atoms with Crippen LogP contribution < -0.4 is 14.4 Å². The van der Waals surface area contributed by atoms with Crippen molar-refractivity contribution in [1.82, 2.24) is 19.8 Å². The van der Waals surface area contributed by atoms with Gasteiger partial charge < -0.3 is 28.9 Å². The largest absolute Gasteiger partial charge is 0.481 e. The molecule has 41 heavy (non-hydrogen) atoms. The van der Waals surface area contributed by atoms with E-state index in [-0.39, 0.29) is 28.8 Å². The summed E-state index contributed by atoms with van der Waals surface area (Å²) in [5.74, 6) is 0.601. The van der Waals surface area contributed by atoms with Gasteiger partial charge >= 0.3 is 18.3 Å². The van der Waals surface area contributed by atoms with Crippen molar-refractivity contribution in [3.8, 4) is 11.8 Å². The maximum Gasteiger partial charge on any atom is 0.422 e. The Hall–Kier alpha value is -1.81. The quantitative estimate of drug-likeness (QED) is 0.236. The molecule has 2 aliphatic heterocycles. The smallest absolute Gasteiger partial charge is 0.422 e. The van der Waals surface area contributed by atoms with Crippen LogP contribution in [0.5, 0.6) is 11.8 Å². The molecule has 3 heterocycles. The molecule has 0 aliphatic carbocycles. The van der Waals surface area contributed by atoms with Gasteiger partial charge in [-0.15, -0.1) is 0 Å². The summed E-state index contributed by atoms with van der Waals surface area (Å²) in [4.78, 5) is 27.6. The van der Waals surface area contributed by atoms with Crippen LogP contribution in [-0.4, -0.2) is 97.7 Å². The summed E-state index contributed by atoms with van der Waals surface area (Å²) < 4.78 is 57.1. The minimum absolute atomic E-state index is 0.00601. The Morgan fingerprint density at radius 3 is 2.39 bits per heavy atom.